The molecule has 0 fully saturated rings. The maximum absolute atomic E-state index is 13.4. The lowest BCUT2D eigenvalue weighted by atomic mass is 9.92. The van der Waals surface area contributed by atoms with E-state index in [4.69, 9.17) is 14.5 Å². The summed E-state index contributed by atoms with van der Waals surface area (Å²) in [5, 5.41) is 2.69. The average molecular weight is 554 g/mol. The molecule has 0 saturated heterocycles. The third-order valence-electron chi connectivity index (χ3n) is 6.80. The molecule has 8 heteroatoms. The van der Waals surface area contributed by atoms with Crippen LogP contribution >= 0.6 is 11.8 Å². The summed E-state index contributed by atoms with van der Waals surface area (Å²) in [5.41, 5.74) is 3.82. The van der Waals surface area contributed by atoms with Crippen molar-refractivity contribution in [3.63, 3.8) is 0 Å². The minimum Gasteiger partial charge on any atom is -0.466 e. The van der Waals surface area contributed by atoms with Crippen LogP contribution in [0.5, 0.6) is 11.5 Å². The van der Waals surface area contributed by atoms with Crippen LogP contribution in [0.3, 0.4) is 0 Å². The molecule has 0 aromatic heterocycles. The van der Waals surface area contributed by atoms with Gasteiger partial charge in [-0.25, -0.2) is 9.79 Å². The van der Waals surface area contributed by atoms with Crippen molar-refractivity contribution in [2.45, 2.75) is 32.4 Å². The molecule has 2 aliphatic heterocycles. The fraction of sp³-hybridized carbons (Fsp3) is 0.219. The number of para-hydroxylation sites is 1. The molecular formula is C32H31N3O4S. The van der Waals surface area contributed by atoms with E-state index in [-0.39, 0.29) is 12.3 Å². The number of hydrogen-bond donors (Lipinski definition) is 0. The van der Waals surface area contributed by atoms with Crippen LogP contribution in [0.25, 0.3) is 0 Å². The summed E-state index contributed by atoms with van der Waals surface area (Å²) < 4.78 is 11.4. The minimum absolute atomic E-state index is 0.0262. The molecule has 0 bridgehead atoms. The highest BCUT2D eigenvalue weighted by atomic mass is 32.2. The molecule has 204 valence electrons. The fourth-order valence-corrected chi connectivity index (χ4v) is 5.77. The van der Waals surface area contributed by atoms with Crippen molar-refractivity contribution < 1.29 is 19.1 Å². The van der Waals surface area contributed by atoms with Gasteiger partial charge in [-0.2, -0.15) is 0 Å². The van der Waals surface area contributed by atoms with Crippen LogP contribution in [-0.2, 0) is 20.9 Å². The number of amides is 1. The number of carbonyl (C=O) groups excluding carboxylic acids is 2. The zero-order chi connectivity index (χ0) is 28.1. The van der Waals surface area contributed by atoms with Crippen molar-refractivity contribution in [3.05, 3.63) is 118 Å². The highest BCUT2D eigenvalue weighted by molar-refractivity contribution is 8.16. The zero-order valence-corrected chi connectivity index (χ0v) is 23.6. The normalized spacial score (nSPS) is 16.2. The van der Waals surface area contributed by atoms with E-state index in [0.29, 0.717) is 35.7 Å². The lowest BCUT2D eigenvalue weighted by Gasteiger charge is -2.37. The Balaban J connectivity index is 1.47. The number of rotatable bonds is 9. The smallest absolute Gasteiger partial charge is 0.338 e. The van der Waals surface area contributed by atoms with Gasteiger partial charge in [0.2, 0.25) is 5.91 Å². The van der Waals surface area contributed by atoms with Crippen molar-refractivity contribution in [2.75, 3.05) is 14.2 Å². The number of fused-ring (bicyclic) bond motifs is 1. The van der Waals surface area contributed by atoms with Gasteiger partial charge in [-0.3, -0.25) is 4.79 Å². The SMILES string of the molecule is CCC1=C(C(=O)OC)[C@H](c2cccc(Oc3ccccc3)c2)N2C(CC(=O)N(C)Cc3ccccc3)=CSC2=N1. The molecule has 5 rings (SSSR count). The Labute approximate surface area is 238 Å². The van der Waals surface area contributed by atoms with Crippen molar-refractivity contribution in [2.24, 2.45) is 4.99 Å². The molecule has 0 aliphatic carbocycles. The summed E-state index contributed by atoms with van der Waals surface area (Å²) in [6.45, 7) is 2.48. The van der Waals surface area contributed by atoms with E-state index in [1.807, 2.05) is 102 Å². The van der Waals surface area contributed by atoms with E-state index in [1.165, 1.54) is 18.9 Å². The number of aliphatic imine (C=N–C) groups is 1. The molecule has 7 nitrogen and oxygen atoms in total. The van der Waals surface area contributed by atoms with Crippen LogP contribution in [0.2, 0.25) is 0 Å². The van der Waals surface area contributed by atoms with Crippen molar-refractivity contribution >= 4 is 28.8 Å². The average Bonchev–Trinajstić information content (AvgIpc) is 3.38. The second kappa shape index (κ2) is 12.3. The first-order chi connectivity index (χ1) is 19.5. The minimum atomic E-state index is -0.525. The number of methoxy groups -OCH3 is 1. The number of allylic oxidation sites excluding steroid dienone is 1. The topological polar surface area (TPSA) is 71.4 Å². The first-order valence-electron chi connectivity index (χ1n) is 13.1. The van der Waals surface area contributed by atoms with Gasteiger partial charge in [0, 0.05) is 19.3 Å². The molecule has 0 N–H and O–H groups in total. The fourth-order valence-electron chi connectivity index (χ4n) is 4.84. The molecule has 0 radical (unpaired) electrons. The van der Waals surface area contributed by atoms with Crippen molar-refractivity contribution in [1.29, 1.82) is 0 Å². The predicted molar refractivity (Wildman–Crippen MR) is 158 cm³/mol. The summed E-state index contributed by atoms with van der Waals surface area (Å²) in [6.07, 6.45) is 0.731. The van der Waals surface area contributed by atoms with Crippen molar-refractivity contribution in [3.8, 4) is 11.5 Å². The molecule has 0 spiro atoms. The molecule has 2 aliphatic rings. The summed E-state index contributed by atoms with van der Waals surface area (Å²) in [4.78, 5) is 35.1. The Bertz CT molecular complexity index is 1480. The molecule has 3 aromatic carbocycles. The van der Waals surface area contributed by atoms with Crippen LogP contribution in [0.4, 0.5) is 0 Å². The van der Waals surface area contributed by atoms with Gasteiger partial charge in [0.15, 0.2) is 5.17 Å². The van der Waals surface area contributed by atoms with Gasteiger partial charge in [0.25, 0.3) is 0 Å². The van der Waals surface area contributed by atoms with Crippen LogP contribution in [0.1, 0.15) is 36.9 Å². The summed E-state index contributed by atoms with van der Waals surface area (Å²) in [5.74, 6) is 0.892. The van der Waals surface area contributed by atoms with Gasteiger partial charge in [0.05, 0.1) is 30.8 Å². The largest absolute Gasteiger partial charge is 0.466 e. The summed E-state index contributed by atoms with van der Waals surface area (Å²) >= 11 is 1.46. The highest BCUT2D eigenvalue weighted by Crippen LogP contribution is 2.46. The third kappa shape index (κ3) is 5.82. The Morgan fingerprint density at radius 1 is 0.975 bits per heavy atom. The summed E-state index contributed by atoms with van der Waals surface area (Å²) in [6, 6.07) is 26.6. The van der Waals surface area contributed by atoms with E-state index < -0.39 is 12.0 Å². The van der Waals surface area contributed by atoms with E-state index in [2.05, 4.69) is 0 Å². The molecular weight excluding hydrogens is 522 g/mol. The van der Waals surface area contributed by atoms with Gasteiger partial charge >= 0.3 is 5.97 Å². The number of hydrogen-bond acceptors (Lipinski definition) is 7. The first kappa shape index (κ1) is 27.3. The van der Waals surface area contributed by atoms with Gasteiger partial charge < -0.3 is 19.3 Å². The zero-order valence-electron chi connectivity index (χ0n) is 22.7. The van der Waals surface area contributed by atoms with Gasteiger partial charge in [-0.1, -0.05) is 79.3 Å². The van der Waals surface area contributed by atoms with Crippen LogP contribution in [0.15, 0.2) is 112 Å². The number of esters is 1. The maximum atomic E-state index is 13.4. The van der Waals surface area contributed by atoms with Crippen molar-refractivity contribution in [1.82, 2.24) is 9.80 Å². The van der Waals surface area contributed by atoms with Gasteiger partial charge in [-0.05, 0) is 47.2 Å². The molecule has 40 heavy (non-hydrogen) atoms. The molecule has 2 heterocycles. The van der Waals surface area contributed by atoms with E-state index in [9.17, 15) is 9.59 Å². The molecule has 0 saturated carbocycles. The lowest BCUT2D eigenvalue weighted by Crippen LogP contribution is -2.38. The standard InChI is InChI=1S/C32H31N3O4S/c1-4-27-29(31(37)38-3)30(23-14-11-17-26(18-23)39-25-15-9-6-10-16-25)35-24(21-40-32(35)33-27)19-28(36)34(2)20-22-12-7-5-8-13-22/h5-18,21,30H,4,19-20H2,1-3H3/t30-/m0/s1. The van der Waals surface area contributed by atoms with E-state index in [1.54, 1.807) is 11.9 Å². The quantitative estimate of drug-likeness (QED) is 0.276. The third-order valence-corrected chi connectivity index (χ3v) is 7.69. The Kier molecular flexibility index (Phi) is 8.36. The maximum Gasteiger partial charge on any atom is 0.338 e. The molecule has 1 atom stereocenters. The number of carbonyl (C=O) groups is 2. The molecule has 0 unspecified atom stereocenters. The predicted octanol–water partition coefficient (Wildman–Crippen LogP) is 6.67. The van der Waals surface area contributed by atoms with Gasteiger partial charge in [0.1, 0.15) is 11.5 Å². The van der Waals surface area contributed by atoms with Crippen LogP contribution < -0.4 is 4.74 Å². The monoisotopic (exact) mass is 553 g/mol. The van der Waals surface area contributed by atoms with E-state index in [0.717, 1.165) is 22.0 Å². The van der Waals surface area contributed by atoms with E-state index >= 15 is 0 Å². The number of ether oxygens (including phenoxy) is 2. The number of amidine groups is 1. The molecule has 1 amide bonds. The van der Waals surface area contributed by atoms with Crippen LogP contribution in [0, 0.1) is 0 Å². The van der Waals surface area contributed by atoms with Gasteiger partial charge in [-0.15, -0.1) is 0 Å². The molecule has 3 aromatic rings. The second-order valence-electron chi connectivity index (χ2n) is 9.50. The van der Waals surface area contributed by atoms with Crippen LogP contribution in [-0.4, -0.2) is 41.0 Å². The number of nitrogens with zero attached hydrogens (tertiary/aromatic N) is 3. The number of thioether (sulfide) groups is 1. The summed E-state index contributed by atoms with van der Waals surface area (Å²) in [7, 11) is 3.19. The first-order valence-corrected chi connectivity index (χ1v) is 14.0. The second-order valence-corrected chi connectivity index (χ2v) is 10.3. The Morgan fingerprint density at radius 3 is 2.38 bits per heavy atom. The highest BCUT2D eigenvalue weighted by Gasteiger charge is 2.41. The number of benzene rings is 3. The Hall–Kier alpha value is -4.30. The Morgan fingerprint density at radius 2 is 1.68 bits per heavy atom. The lowest BCUT2D eigenvalue weighted by molar-refractivity contribution is -0.136.